The molecule has 1 aromatic carbocycles. The molecule has 166 valence electrons. The number of nitrogens with zero attached hydrogens (tertiary/aromatic N) is 4. The Morgan fingerprint density at radius 1 is 1.29 bits per heavy atom. The fraction of sp³-hybridized carbons (Fsp3) is 0.421. The molecule has 1 atom stereocenters. The molecule has 1 amide bonds. The summed E-state index contributed by atoms with van der Waals surface area (Å²) < 4.78 is 64.4. The summed E-state index contributed by atoms with van der Waals surface area (Å²) in [6.07, 6.45) is 1.72. The number of carbonyl (C=O) groups excluding carboxylic acids is 1. The van der Waals surface area contributed by atoms with Crippen LogP contribution < -0.4 is 4.90 Å². The van der Waals surface area contributed by atoms with E-state index in [1.165, 1.54) is 17.9 Å². The zero-order valence-corrected chi connectivity index (χ0v) is 17.4. The van der Waals surface area contributed by atoms with E-state index in [9.17, 15) is 22.0 Å². The Labute approximate surface area is 177 Å². The lowest BCUT2D eigenvalue weighted by Gasteiger charge is -2.18. The van der Waals surface area contributed by atoms with E-state index < -0.39 is 33.7 Å². The smallest absolute Gasteiger partial charge is 0.414 e. The number of anilines is 1. The Hall–Kier alpha value is -2.86. The van der Waals surface area contributed by atoms with Gasteiger partial charge in [-0.05, 0) is 24.1 Å². The molecule has 2 aliphatic rings. The van der Waals surface area contributed by atoms with Crippen molar-refractivity contribution < 1.29 is 31.5 Å². The number of ether oxygens (including phenoxy) is 2. The van der Waals surface area contributed by atoms with E-state index in [1.54, 1.807) is 6.20 Å². The quantitative estimate of drug-likeness (QED) is 0.657. The molecule has 0 saturated carbocycles. The highest BCUT2D eigenvalue weighted by Gasteiger charge is 2.34. The molecular formula is C19H20F2N4O5S. The monoisotopic (exact) mass is 454 g/mol. The second-order valence-corrected chi connectivity index (χ2v) is 9.59. The molecule has 0 bridgehead atoms. The minimum Gasteiger partial charge on any atom is -0.442 e. The van der Waals surface area contributed by atoms with Crippen molar-refractivity contribution in [3.63, 3.8) is 0 Å². The second kappa shape index (κ2) is 8.35. The zero-order chi connectivity index (χ0) is 22.2. The average molecular weight is 454 g/mol. The molecule has 2 aliphatic heterocycles. The maximum Gasteiger partial charge on any atom is 0.414 e. The van der Waals surface area contributed by atoms with Crippen molar-refractivity contribution in [3.05, 3.63) is 47.3 Å². The molecule has 31 heavy (non-hydrogen) atoms. The maximum absolute atomic E-state index is 14.7. The number of rotatable bonds is 6. The molecule has 0 unspecified atom stereocenters. The van der Waals surface area contributed by atoms with Crippen LogP contribution in [0.25, 0.3) is 5.57 Å². The third-order valence-electron chi connectivity index (χ3n) is 5.07. The Bertz CT molecular complexity index is 1120. The molecule has 4 rings (SSSR count). The summed E-state index contributed by atoms with van der Waals surface area (Å²) in [7, 11) is -1.69. The van der Waals surface area contributed by atoms with Crippen molar-refractivity contribution >= 4 is 27.2 Å². The van der Waals surface area contributed by atoms with E-state index in [0.717, 1.165) is 17.0 Å². The van der Waals surface area contributed by atoms with E-state index >= 15 is 0 Å². The molecule has 3 heterocycles. The fourth-order valence-electron chi connectivity index (χ4n) is 3.61. The van der Waals surface area contributed by atoms with Crippen molar-refractivity contribution in [2.45, 2.75) is 25.7 Å². The molecule has 2 aromatic rings. The van der Waals surface area contributed by atoms with Crippen LogP contribution in [0.4, 0.5) is 19.3 Å². The van der Waals surface area contributed by atoms with Gasteiger partial charge in [0.15, 0.2) is 9.84 Å². The van der Waals surface area contributed by atoms with Crippen LogP contribution in [-0.4, -0.2) is 60.8 Å². The summed E-state index contributed by atoms with van der Waals surface area (Å²) >= 11 is 0. The van der Waals surface area contributed by atoms with Crippen molar-refractivity contribution in [1.29, 1.82) is 0 Å². The molecule has 9 nitrogen and oxygen atoms in total. The summed E-state index contributed by atoms with van der Waals surface area (Å²) in [6.45, 7) is 0.602. The molecule has 0 radical (unpaired) electrons. The van der Waals surface area contributed by atoms with Gasteiger partial charge in [0.25, 0.3) is 0 Å². The van der Waals surface area contributed by atoms with Crippen molar-refractivity contribution in [2.75, 3.05) is 30.1 Å². The first-order valence-electron chi connectivity index (χ1n) is 9.50. The van der Waals surface area contributed by atoms with Crippen LogP contribution in [0.3, 0.4) is 0 Å². The minimum atomic E-state index is -3.22. The maximum atomic E-state index is 14.7. The largest absolute Gasteiger partial charge is 0.442 e. The number of hydrogen-bond acceptors (Lipinski definition) is 7. The van der Waals surface area contributed by atoms with Crippen molar-refractivity contribution in [2.24, 2.45) is 0 Å². The number of halogens is 2. The van der Waals surface area contributed by atoms with Gasteiger partial charge in [-0.3, -0.25) is 4.90 Å². The van der Waals surface area contributed by atoms with Gasteiger partial charge in [0.1, 0.15) is 23.4 Å². The Morgan fingerprint density at radius 2 is 2.03 bits per heavy atom. The van der Waals surface area contributed by atoms with E-state index in [2.05, 4.69) is 10.3 Å². The first kappa shape index (κ1) is 21.4. The number of carbonyl (C=O) groups is 1. The number of sulfone groups is 1. The van der Waals surface area contributed by atoms with Crippen molar-refractivity contribution in [1.82, 2.24) is 15.0 Å². The number of cyclic esters (lactones) is 1. The van der Waals surface area contributed by atoms with Gasteiger partial charge in [-0.25, -0.2) is 26.7 Å². The number of methoxy groups -OCH3 is 1. The predicted molar refractivity (Wildman–Crippen MR) is 106 cm³/mol. The van der Waals surface area contributed by atoms with Crippen LogP contribution in [-0.2, 0) is 32.5 Å². The zero-order valence-electron chi connectivity index (χ0n) is 16.6. The second-order valence-electron chi connectivity index (χ2n) is 7.36. The lowest BCUT2D eigenvalue weighted by Crippen LogP contribution is -2.26. The molecule has 1 aromatic heterocycles. The molecule has 0 spiro atoms. The summed E-state index contributed by atoms with van der Waals surface area (Å²) in [5, 5.41) is 7.85. The fourth-order valence-corrected chi connectivity index (χ4v) is 4.76. The first-order chi connectivity index (χ1) is 14.8. The van der Waals surface area contributed by atoms with Gasteiger partial charge in [0.05, 0.1) is 43.1 Å². The summed E-state index contributed by atoms with van der Waals surface area (Å²) in [5.41, 5.74) is 0.675. The number of benzene rings is 1. The molecule has 12 heteroatoms. The van der Waals surface area contributed by atoms with Crippen LogP contribution in [0.1, 0.15) is 17.7 Å². The molecule has 0 aliphatic carbocycles. The van der Waals surface area contributed by atoms with Crippen LogP contribution in [0.2, 0.25) is 0 Å². The average Bonchev–Trinajstić information content (AvgIpc) is 3.29. The van der Waals surface area contributed by atoms with E-state index in [4.69, 9.17) is 9.47 Å². The lowest BCUT2D eigenvalue weighted by molar-refractivity contribution is 0.129. The number of hydrogen-bond donors (Lipinski definition) is 0. The Kier molecular flexibility index (Phi) is 5.75. The van der Waals surface area contributed by atoms with Crippen LogP contribution in [0.15, 0.2) is 24.4 Å². The molecule has 0 N–H and O–H groups in total. The van der Waals surface area contributed by atoms with Crippen molar-refractivity contribution in [3.8, 4) is 0 Å². The third kappa shape index (κ3) is 4.59. The van der Waals surface area contributed by atoms with E-state index in [0.29, 0.717) is 17.9 Å². The lowest BCUT2D eigenvalue weighted by atomic mass is 10.0. The predicted octanol–water partition coefficient (Wildman–Crippen LogP) is 1.93. The van der Waals surface area contributed by atoms with Gasteiger partial charge in [-0.2, -0.15) is 0 Å². The van der Waals surface area contributed by atoms with Gasteiger partial charge >= 0.3 is 6.09 Å². The van der Waals surface area contributed by atoms with Gasteiger partial charge in [-0.1, -0.05) is 11.3 Å². The van der Waals surface area contributed by atoms with Crippen LogP contribution in [0.5, 0.6) is 0 Å². The summed E-state index contributed by atoms with van der Waals surface area (Å²) in [4.78, 5) is 13.4. The van der Waals surface area contributed by atoms with Gasteiger partial charge < -0.3 is 9.47 Å². The SMILES string of the molecule is COCc1cn(C[C@H]2CN(c3cc(F)c(C4=CCS(=O)(=O)CC4)c(F)c3)C(=O)O2)nn1. The molecule has 1 fully saturated rings. The summed E-state index contributed by atoms with van der Waals surface area (Å²) in [6, 6.07) is 2.11. The van der Waals surface area contributed by atoms with E-state index in [1.807, 2.05) is 0 Å². The van der Waals surface area contributed by atoms with Gasteiger partial charge in [-0.15, -0.1) is 5.10 Å². The Morgan fingerprint density at radius 3 is 2.68 bits per heavy atom. The minimum absolute atomic E-state index is 0.0222. The third-order valence-corrected chi connectivity index (χ3v) is 6.57. The van der Waals surface area contributed by atoms with Crippen LogP contribution >= 0.6 is 0 Å². The Balaban J connectivity index is 1.50. The molecule has 1 saturated heterocycles. The standard InChI is InChI=1S/C19H20F2N4O5S/c1-29-11-13-8-24(23-22-13)9-15-10-25(19(26)30-15)14-6-16(20)18(17(21)7-14)12-2-4-31(27,28)5-3-12/h2,6-8,15H,3-5,9-11H2,1H3/t15-/m0/s1. The van der Waals surface area contributed by atoms with Gasteiger partial charge in [0, 0.05) is 12.7 Å². The van der Waals surface area contributed by atoms with Crippen LogP contribution in [0, 0.1) is 11.6 Å². The number of aromatic nitrogens is 3. The molecular weight excluding hydrogens is 434 g/mol. The number of amides is 1. The topological polar surface area (TPSA) is 104 Å². The highest BCUT2D eigenvalue weighted by atomic mass is 32.2. The summed E-state index contributed by atoms with van der Waals surface area (Å²) in [5.74, 6) is -2.14. The highest BCUT2D eigenvalue weighted by Crippen LogP contribution is 2.32. The van der Waals surface area contributed by atoms with E-state index in [-0.39, 0.29) is 42.3 Å². The first-order valence-corrected chi connectivity index (χ1v) is 11.3. The van der Waals surface area contributed by atoms with Gasteiger partial charge in [0.2, 0.25) is 0 Å². The highest BCUT2D eigenvalue weighted by molar-refractivity contribution is 7.91. The normalized spacial score (nSPS) is 20.6. The number of allylic oxidation sites excluding steroid dienone is 1.